The van der Waals surface area contributed by atoms with Gasteiger partial charge in [-0.2, -0.15) is 0 Å². The first-order valence-corrected chi connectivity index (χ1v) is 9.55. The van der Waals surface area contributed by atoms with E-state index < -0.39 is 33.4 Å². The van der Waals surface area contributed by atoms with Gasteiger partial charge >= 0.3 is 7.82 Å². The van der Waals surface area contributed by atoms with Crippen molar-refractivity contribution < 1.29 is 32.7 Å². The molecule has 4 atom stereocenters. The molecule has 2 radical (unpaired) electrons. The topological polar surface area (TPSA) is 102 Å². The monoisotopic (exact) mass is 312 g/mol. The lowest BCUT2D eigenvalue weighted by atomic mass is 9.95. The lowest BCUT2D eigenvalue weighted by molar-refractivity contribution is 0.0319. The molecule has 0 saturated carbocycles. The van der Waals surface area contributed by atoms with Gasteiger partial charge in [0.1, 0.15) is 7.85 Å². The number of phosphoric acid groups is 1. The highest BCUT2D eigenvalue weighted by Crippen LogP contribution is 2.50. The zero-order valence-electron chi connectivity index (χ0n) is 11.1. The maximum absolute atomic E-state index is 12.1. The minimum Gasteiger partial charge on any atom is -0.380 e. The van der Waals surface area contributed by atoms with Crippen LogP contribution >= 0.6 is 15.2 Å². The number of phosphoric ester groups is 1. The van der Waals surface area contributed by atoms with Crippen LogP contribution in [-0.4, -0.2) is 54.8 Å². The minimum atomic E-state index is -4.53. The van der Waals surface area contributed by atoms with E-state index in [4.69, 9.17) is 26.9 Å². The molecular weight excluding hydrogens is 293 g/mol. The quantitative estimate of drug-likeness (QED) is 0.559. The molecular formula is C9H19BO7P2. The van der Waals surface area contributed by atoms with Crippen molar-refractivity contribution in [1.82, 2.24) is 0 Å². The highest BCUT2D eigenvalue weighted by atomic mass is 31.2. The predicted octanol–water partition coefficient (Wildman–Crippen LogP) is 1.08. The van der Waals surface area contributed by atoms with Crippen LogP contribution in [0.25, 0.3) is 0 Å². The van der Waals surface area contributed by atoms with Gasteiger partial charge in [-0.1, -0.05) is 13.8 Å². The average molecular weight is 312 g/mol. The molecule has 1 fully saturated rings. The maximum atomic E-state index is 12.1. The second kappa shape index (κ2) is 6.40. The van der Waals surface area contributed by atoms with Crippen LogP contribution in [0.4, 0.5) is 0 Å². The van der Waals surface area contributed by atoms with E-state index in [0.717, 1.165) is 0 Å². The minimum absolute atomic E-state index is 0.134. The molecule has 0 bridgehead atoms. The molecule has 0 amide bonds. The van der Waals surface area contributed by atoms with Crippen LogP contribution in [0.2, 0.25) is 0 Å². The summed E-state index contributed by atoms with van der Waals surface area (Å²) in [6, 6.07) is -0.780. The molecule has 1 saturated heterocycles. The van der Waals surface area contributed by atoms with Crippen molar-refractivity contribution in [2.75, 3.05) is 13.3 Å². The third-order valence-corrected chi connectivity index (χ3v) is 5.97. The van der Waals surface area contributed by atoms with Gasteiger partial charge in [-0.3, -0.25) is 9.09 Å². The summed E-state index contributed by atoms with van der Waals surface area (Å²) in [5.41, 5.74) is -0.134. The molecule has 2 N–H and O–H groups in total. The lowest BCUT2D eigenvalue weighted by Crippen LogP contribution is -2.24. The van der Waals surface area contributed by atoms with Crippen molar-refractivity contribution in [2.24, 2.45) is 0 Å². The predicted molar refractivity (Wildman–Crippen MR) is 70.6 cm³/mol. The Kier molecular flexibility index (Phi) is 5.85. The van der Waals surface area contributed by atoms with E-state index in [1.165, 1.54) is 6.66 Å². The molecule has 0 aromatic heterocycles. The molecule has 1 unspecified atom stereocenters. The van der Waals surface area contributed by atoms with Gasteiger partial charge in [0, 0.05) is 24.7 Å². The van der Waals surface area contributed by atoms with Gasteiger partial charge in [-0.15, -0.1) is 0 Å². The fraction of sp³-hybridized carbons (Fsp3) is 1.00. The van der Waals surface area contributed by atoms with E-state index in [1.54, 1.807) is 13.8 Å². The Balaban J connectivity index is 2.52. The van der Waals surface area contributed by atoms with Gasteiger partial charge in [-0.05, 0) is 0 Å². The molecule has 0 aromatic carbocycles. The Bertz CT molecular complexity index is 396. The van der Waals surface area contributed by atoms with Gasteiger partial charge in [0.2, 0.25) is 7.37 Å². The molecule has 1 rings (SSSR count). The fourth-order valence-electron chi connectivity index (χ4n) is 1.54. The standard InChI is InChI=1S/C9H19BO7P2/c1-6(2)18(3,11)17-8-4-7(16-9(8)10)5-15-19(12,13)14/h6-9H,4-5H2,1-3H3,(H2,12,13,14)/t7-,8+,9+,18?/m0/s1. The van der Waals surface area contributed by atoms with Crippen LogP contribution in [0.1, 0.15) is 20.3 Å². The molecule has 7 nitrogen and oxygen atoms in total. The third-order valence-electron chi connectivity index (χ3n) is 2.92. The van der Waals surface area contributed by atoms with Crippen molar-refractivity contribution in [3.8, 4) is 0 Å². The molecule has 10 heteroatoms. The Morgan fingerprint density at radius 1 is 1.42 bits per heavy atom. The van der Waals surface area contributed by atoms with E-state index in [0.29, 0.717) is 0 Å². The van der Waals surface area contributed by atoms with Crippen molar-refractivity contribution in [3.63, 3.8) is 0 Å². The van der Waals surface area contributed by atoms with Crippen LogP contribution in [0.5, 0.6) is 0 Å². The summed E-state index contributed by atoms with van der Waals surface area (Å²) in [5, 5.41) is 0. The largest absolute Gasteiger partial charge is 0.469 e. The zero-order valence-corrected chi connectivity index (χ0v) is 12.9. The Labute approximate surface area is 114 Å². The van der Waals surface area contributed by atoms with Gasteiger partial charge < -0.3 is 19.0 Å². The molecule has 19 heavy (non-hydrogen) atoms. The summed E-state index contributed by atoms with van der Waals surface area (Å²) in [6.07, 6.45) is -0.866. The van der Waals surface area contributed by atoms with E-state index in [-0.39, 0.29) is 18.7 Å². The van der Waals surface area contributed by atoms with Crippen molar-refractivity contribution in [1.29, 1.82) is 0 Å². The lowest BCUT2D eigenvalue weighted by Gasteiger charge is -2.23. The summed E-state index contributed by atoms with van der Waals surface area (Å²) < 4.78 is 37.8. The first-order valence-electron chi connectivity index (χ1n) is 5.88. The fourth-order valence-corrected chi connectivity index (χ4v) is 2.89. The van der Waals surface area contributed by atoms with E-state index >= 15 is 0 Å². The third kappa shape index (κ3) is 5.68. The highest BCUT2D eigenvalue weighted by molar-refractivity contribution is 7.58. The molecule has 0 aliphatic carbocycles. The van der Waals surface area contributed by atoms with Crippen molar-refractivity contribution in [2.45, 2.75) is 44.1 Å². The van der Waals surface area contributed by atoms with Gasteiger partial charge in [-0.25, -0.2) is 4.57 Å². The van der Waals surface area contributed by atoms with Gasteiger partial charge in [0.25, 0.3) is 0 Å². The number of hydrogen-bond acceptors (Lipinski definition) is 5. The summed E-state index contributed by atoms with van der Waals surface area (Å²) in [4.78, 5) is 17.2. The normalized spacial score (nSPS) is 31.6. The van der Waals surface area contributed by atoms with Crippen molar-refractivity contribution >= 4 is 23.0 Å². The van der Waals surface area contributed by atoms with Gasteiger partial charge in [0.15, 0.2) is 0 Å². The Morgan fingerprint density at radius 3 is 2.47 bits per heavy atom. The summed E-state index contributed by atoms with van der Waals surface area (Å²) >= 11 is 0. The van der Waals surface area contributed by atoms with E-state index in [9.17, 15) is 9.13 Å². The average Bonchev–Trinajstić information content (AvgIpc) is 2.55. The molecule has 1 heterocycles. The maximum Gasteiger partial charge on any atom is 0.469 e. The molecule has 1 aliphatic heterocycles. The second-order valence-corrected chi connectivity index (χ2v) is 9.19. The summed E-state index contributed by atoms with van der Waals surface area (Å²) in [6.45, 7) is 4.82. The number of rotatable bonds is 6. The van der Waals surface area contributed by atoms with Crippen LogP contribution < -0.4 is 0 Å². The molecule has 110 valence electrons. The Hall–Kier alpha value is 0.325. The number of hydrogen-bond donors (Lipinski definition) is 2. The highest BCUT2D eigenvalue weighted by Gasteiger charge is 2.37. The first-order chi connectivity index (χ1) is 8.51. The zero-order chi connectivity index (χ0) is 14.8. The number of ether oxygens (including phenoxy) is 1. The van der Waals surface area contributed by atoms with E-state index in [2.05, 4.69) is 4.52 Å². The van der Waals surface area contributed by atoms with E-state index in [1.807, 2.05) is 0 Å². The van der Waals surface area contributed by atoms with Crippen molar-refractivity contribution in [3.05, 3.63) is 0 Å². The van der Waals surface area contributed by atoms with Crippen LogP contribution in [-0.2, 0) is 22.9 Å². The molecule has 0 spiro atoms. The SMILES string of the molecule is [B][C@@H]1O[C@H](COP(=O)(O)O)C[C@H]1OP(C)(=O)C(C)C. The van der Waals surface area contributed by atoms with Gasteiger partial charge in [0.05, 0.1) is 18.8 Å². The Morgan fingerprint density at radius 2 is 2.00 bits per heavy atom. The van der Waals surface area contributed by atoms with Crippen LogP contribution in [0.15, 0.2) is 0 Å². The summed E-state index contributed by atoms with van der Waals surface area (Å²) in [7, 11) is -1.62. The smallest absolute Gasteiger partial charge is 0.380 e. The first kappa shape index (κ1) is 17.4. The summed E-state index contributed by atoms with van der Waals surface area (Å²) in [5.74, 6) is 0. The molecule has 1 aliphatic rings. The van der Waals surface area contributed by atoms with Crippen LogP contribution in [0, 0.1) is 0 Å². The molecule has 0 aromatic rings. The second-order valence-electron chi connectivity index (χ2n) is 4.89. The van der Waals surface area contributed by atoms with Crippen LogP contribution in [0.3, 0.4) is 0 Å².